The minimum atomic E-state index is -4.96. The van der Waals surface area contributed by atoms with E-state index in [-0.39, 0.29) is 25.7 Å². The SMILES string of the molecule is CCC(C)CCCCCCCCCCCCCCCCCCCCC(=O)OC[C@H](COP(=O)(O)OC[C@@H](O)COP(=O)(O)OC[C@@H](COC(=O)CCCCCCCCC(C)CC)OC(=O)CCCCCCCCC(C)C)OC(=O)CCCCCCCCCCCCCCCCC(C)CC. The van der Waals surface area contributed by atoms with Crippen molar-refractivity contribution in [3.63, 3.8) is 0 Å². The summed E-state index contributed by atoms with van der Waals surface area (Å²) >= 11 is 0. The number of unbranched alkanes of at least 4 members (excludes halogenated alkanes) is 40. The summed E-state index contributed by atoms with van der Waals surface area (Å²) in [6.07, 6.45) is 55.8. The molecule has 0 rings (SSSR count). The molecule has 0 amide bonds. The average Bonchev–Trinajstić information content (AvgIpc) is 1.07. The minimum Gasteiger partial charge on any atom is -0.462 e. The molecule has 0 aliphatic carbocycles. The first-order valence-corrected chi connectivity index (χ1v) is 44.3. The largest absolute Gasteiger partial charge is 0.472 e. The first-order chi connectivity index (χ1) is 47.7. The van der Waals surface area contributed by atoms with Crippen LogP contribution in [0.4, 0.5) is 0 Å². The topological polar surface area (TPSA) is 237 Å². The Morgan fingerprint density at radius 1 is 0.283 bits per heavy atom. The highest BCUT2D eigenvalue weighted by Crippen LogP contribution is 2.45. The van der Waals surface area contributed by atoms with Gasteiger partial charge in [0.25, 0.3) is 0 Å². The van der Waals surface area contributed by atoms with Crippen LogP contribution >= 0.6 is 15.6 Å². The Hall–Kier alpha value is -1.94. The molecule has 0 heterocycles. The standard InChI is InChI=1S/C80H156O17P2/c1-9-71(6)57-49-41-32-28-24-20-16-14-12-13-15-17-22-26-30-34-44-52-60-77(82)90-66-75(96-79(84)62-54-46-35-31-27-23-19-18-21-25-29-33-42-50-58-72(7)10-2)68-94-98(86,87)92-64-74(81)65-93-99(88,89)95-69-76(97-80(85)63-55-47-38-36-40-48-56-70(4)5)67-91-78(83)61-53-45-39-37-43-51-59-73(8)11-3/h70-76,81H,9-69H2,1-8H3,(H,86,87)(H,88,89)/t71?,72?,73?,74-,75-,76-/m1/s1. The van der Waals surface area contributed by atoms with Crippen LogP contribution in [0.2, 0.25) is 0 Å². The number of hydrogen-bond acceptors (Lipinski definition) is 15. The van der Waals surface area contributed by atoms with Crippen molar-refractivity contribution in [3.8, 4) is 0 Å². The van der Waals surface area contributed by atoms with Crippen LogP contribution in [0.1, 0.15) is 409 Å². The predicted molar refractivity (Wildman–Crippen MR) is 404 cm³/mol. The second-order valence-corrected chi connectivity index (χ2v) is 32.9. The van der Waals surface area contributed by atoms with Gasteiger partial charge in [-0.3, -0.25) is 37.3 Å². The number of carbonyl (C=O) groups is 4. The highest BCUT2D eigenvalue weighted by molar-refractivity contribution is 7.47. The highest BCUT2D eigenvalue weighted by atomic mass is 31.2. The van der Waals surface area contributed by atoms with Crippen molar-refractivity contribution in [1.82, 2.24) is 0 Å². The van der Waals surface area contributed by atoms with E-state index in [2.05, 4.69) is 55.4 Å². The van der Waals surface area contributed by atoms with Crippen LogP contribution in [0.25, 0.3) is 0 Å². The van der Waals surface area contributed by atoms with Crippen molar-refractivity contribution in [3.05, 3.63) is 0 Å². The number of aliphatic hydroxyl groups is 1. The van der Waals surface area contributed by atoms with Crippen molar-refractivity contribution in [1.29, 1.82) is 0 Å². The number of phosphoric ester groups is 2. The van der Waals surface area contributed by atoms with E-state index in [4.69, 9.17) is 37.0 Å². The van der Waals surface area contributed by atoms with Crippen molar-refractivity contribution in [2.24, 2.45) is 23.7 Å². The minimum absolute atomic E-state index is 0.101. The zero-order valence-electron chi connectivity index (χ0n) is 65.1. The molecule has 0 saturated heterocycles. The molecule has 0 aromatic heterocycles. The summed E-state index contributed by atoms with van der Waals surface area (Å²) in [4.78, 5) is 72.8. The first-order valence-electron chi connectivity index (χ1n) is 41.3. The molecule has 0 aliphatic rings. The van der Waals surface area contributed by atoms with E-state index in [1.807, 2.05) is 0 Å². The molecule has 0 aromatic carbocycles. The lowest BCUT2D eigenvalue weighted by molar-refractivity contribution is -0.161. The van der Waals surface area contributed by atoms with Crippen LogP contribution in [0.15, 0.2) is 0 Å². The molecule has 0 radical (unpaired) electrons. The third kappa shape index (κ3) is 70.2. The molecular weight excluding hydrogens is 1290 g/mol. The smallest absolute Gasteiger partial charge is 0.462 e. The summed E-state index contributed by atoms with van der Waals surface area (Å²) in [7, 11) is -9.92. The lowest BCUT2D eigenvalue weighted by Gasteiger charge is -2.21. The summed E-state index contributed by atoms with van der Waals surface area (Å²) in [6, 6.07) is 0. The monoisotopic (exact) mass is 1450 g/mol. The molecule has 17 nitrogen and oxygen atoms in total. The van der Waals surface area contributed by atoms with Gasteiger partial charge in [-0.25, -0.2) is 9.13 Å². The Balaban J connectivity index is 5.18. The maximum Gasteiger partial charge on any atom is 0.472 e. The van der Waals surface area contributed by atoms with Crippen molar-refractivity contribution in [2.75, 3.05) is 39.6 Å². The predicted octanol–water partition coefficient (Wildman–Crippen LogP) is 23.6. The second-order valence-electron chi connectivity index (χ2n) is 30.0. The maximum absolute atomic E-state index is 13.1. The fraction of sp³-hybridized carbons (Fsp3) is 0.950. The number of hydrogen-bond donors (Lipinski definition) is 3. The van der Waals surface area contributed by atoms with Gasteiger partial charge in [-0.05, 0) is 49.4 Å². The number of rotatable bonds is 77. The normalized spacial score (nSPS) is 14.9. The molecule has 0 bridgehead atoms. The Morgan fingerprint density at radius 2 is 0.485 bits per heavy atom. The molecule has 19 heteroatoms. The fourth-order valence-electron chi connectivity index (χ4n) is 12.2. The molecule has 8 atom stereocenters. The Kier molecular flexibility index (Phi) is 67.8. The molecule has 0 aromatic rings. The van der Waals surface area contributed by atoms with E-state index < -0.39 is 97.5 Å². The summed E-state index contributed by atoms with van der Waals surface area (Å²) in [6.45, 7) is 14.2. The van der Waals surface area contributed by atoms with Gasteiger partial charge < -0.3 is 33.8 Å². The van der Waals surface area contributed by atoms with Gasteiger partial charge in [0, 0.05) is 25.7 Å². The number of aliphatic hydroxyl groups excluding tert-OH is 1. The third-order valence-electron chi connectivity index (χ3n) is 19.7. The Bertz CT molecular complexity index is 1940. The van der Waals surface area contributed by atoms with Crippen molar-refractivity contribution < 1.29 is 80.2 Å². The second kappa shape index (κ2) is 69.1. The number of esters is 4. The zero-order chi connectivity index (χ0) is 73.1. The van der Waals surface area contributed by atoms with Crippen LogP contribution in [0, 0.1) is 23.7 Å². The molecule has 0 fully saturated rings. The van der Waals surface area contributed by atoms with Gasteiger partial charge in [-0.15, -0.1) is 0 Å². The molecule has 0 spiro atoms. The van der Waals surface area contributed by atoms with Crippen molar-refractivity contribution in [2.45, 2.75) is 427 Å². The van der Waals surface area contributed by atoms with Gasteiger partial charge in [0.2, 0.25) is 0 Å². The van der Waals surface area contributed by atoms with Gasteiger partial charge in [-0.2, -0.15) is 0 Å². The quantitative estimate of drug-likeness (QED) is 0.0222. The molecule has 5 unspecified atom stereocenters. The van der Waals surface area contributed by atoms with Crippen LogP contribution < -0.4 is 0 Å². The number of phosphoric acid groups is 2. The molecule has 3 N–H and O–H groups in total. The first kappa shape index (κ1) is 97.1. The van der Waals surface area contributed by atoms with Crippen LogP contribution in [-0.2, 0) is 65.4 Å². The molecule has 0 saturated carbocycles. The lowest BCUT2D eigenvalue weighted by atomic mass is 9.99. The highest BCUT2D eigenvalue weighted by Gasteiger charge is 2.30. The van der Waals surface area contributed by atoms with Gasteiger partial charge in [0.1, 0.15) is 19.3 Å². The third-order valence-corrected chi connectivity index (χ3v) is 21.6. The van der Waals surface area contributed by atoms with Crippen molar-refractivity contribution >= 4 is 39.5 Å². The summed E-state index contributed by atoms with van der Waals surface area (Å²) in [5.74, 6) is 0.997. The summed E-state index contributed by atoms with van der Waals surface area (Å²) in [5, 5.41) is 10.6. The van der Waals surface area contributed by atoms with Gasteiger partial charge in [0.15, 0.2) is 12.2 Å². The van der Waals surface area contributed by atoms with Gasteiger partial charge >= 0.3 is 39.5 Å². The Morgan fingerprint density at radius 3 is 0.717 bits per heavy atom. The summed E-state index contributed by atoms with van der Waals surface area (Å²) < 4.78 is 68.5. The fourth-order valence-corrected chi connectivity index (χ4v) is 13.7. The maximum atomic E-state index is 13.1. The lowest BCUT2D eigenvalue weighted by Crippen LogP contribution is -2.30. The zero-order valence-corrected chi connectivity index (χ0v) is 66.9. The molecular formula is C80H156O17P2. The van der Waals surface area contributed by atoms with E-state index in [1.165, 1.54) is 205 Å². The van der Waals surface area contributed by atoms with E-state index in [0.717, 1.165) is 114 Å². The summed E-state index contributed by atoms with van der Waals surface area (Å²) in [5.41, 5.74) is 0. The molecule has 0 aliphatic heterocycles. The number of ether oxygens (including phenoxy) is 4. The van der Waals surface area contributed by atoms with Crippen LogP contribution in [0.5, 0.6) is 0 Å². The molecule has 588 valence electrons. The van der Waals surface area contributed by atoms with Gasteiger partial charge in [-0.1, -0.05) is 357 Å². The van der Waals surface area contributed by atoms with Crippen LogP contribution in [-0.4, -0.2) is 96.7 Å². The van der Waals surface area contributed by atoms with Crippen LogP contribution in [0.3, 0.4) is 0 Å². The van der Waals surface area contributed by atoms with Gasteiger partial charge in [0.05, 0.1) is 26.4 Å². The van der Waals surface area contributed by atoms with E-state index >= 15 is 0 Å². The van der Waals surface area contributed by atoms with E-state index in [1.54, 1.807) is 0 Å². The Labute approximate surface area is 607 Å². The van der Waals surface area contributed by atoms with E-state index in [9.17, 15) is 43.2 Å². The average molecular weight is 1450 g/mol. The number of carbonyl (C=O) groups excluding carboxylic acids is 4. The van der Waals surface area contributed by atoms with E-state index in [0.29, 0.717) is 31.6 Å². The molecule has 99 heavy (non-hydrogen) atoms.